The number of carbonyl (C=O) groups is 1. The summed E-state index contributed by atoms with van der Waals surface area (Å²) in [7, 11) is 0. The summed E-state index contributed by atoms with van der Waals surface area (Å²) in [4.78, 5) is 20.4. The fraction of sp³-hybridized carbons (Fsp3) is 0.0556. The third-order valence-corrected chi connectivity index (χ3v) is 4.13. The summed E-state index contributed by atoms with van der Waals surface area (Å²) in [5.74, 6) is 0.402. The molecule has 3 aromatic rings. The first kappa shape index (κ1) is 17.2. The minimum atomic E-state index is -0.197. The number of anilines is 2. The van der Waals surface area contributed by atoms with Crippen molar-refractivity contribution in [3.8, 4) is 0 Å². The zero-order valence-corrected chi connectivity index (χ0v) is 14.6. The summed E-state index contributed by atoms with van der Waals surface area (Å²) >= 11 is 11.9. The minimum absolute atomic E-state index is 0.197. The van der Waals surface area contributed by atoms with E-state index in [1.807, 2.05) is 12.1 Å². The predicted octanol–water partition coefficient (Wildman–Crippen LogP) is 4.46. The van der Waals surface area contributed by atoms with Gasteiger partial charge < -0.3 is 10.6 Å². The van der Waals surface area contributed by atoms with Crippen LogP contribution < -0.4 is 10.6 Å². The molecule has 0 aliphatic carbocycles. The summed E-state index contributed by atoms with van der Waals surface area (Å²) in [6, 6.07) is 12.4. The van der Waals surface area contributed by atoms with Crippen molar-refractivity contribution in [1.29, 1.82) is 0 Å². The summed E-state index contributed by atoms with van der Waals surface area (Å²) in [6.45, 7) is 0.413. The molecule has 2 N–H and O–H groups in total. The molecular formula is C18H14Cl2N4O. The molecular weight excluding hydrogens is 359 g/mol. The van der Waals surface area contributed by atoms with Crippen LogP contribution in [0.5, 0.6) is 0 Å². The van der Waals surface area contributed by atoms with Gasteiger partial charge in [0.05, 0.1) is 15.6 Å². The van der Waals surface area contributed by atoms with E-state index in [1.54, 1.807) is 42.7 Å². The van der Waals surface area contributed by atoms with Crippen LogP contribution in [0.4, 0.5) is 11.5 Å². The third kappa shape index (κ3) is 4.68. The zero-order valence-electron chi connectivity index (χ0n) is 13.0. The number of benzene rings is 1. The highest BCUT2D eigenvalue weighted by Gasteiger charge is 2.07. The molecule has 0 aliphatic rings. The number of nitrogens with one attached hydrogen (secondary N) is 2. The molecule has 0 atom stereocenters. The fourth-order valence-electron chi connectivity index (χ4n) is 2.11. The lowest BCUT2D eigenvalue weighted by Gasteiger charge is -2.08. The van der Waals surface area contributed by atoms with Crippen molar-refractivity contribution in [3.05, 3.63) is 82.2 Å². The summed E-state index contributed by atoms with van der Waals surface area (Å²) in [5.41, 5.74) is 2.17. The standard InChI is InChI=1S/C18H14Cl2N4O/c19-15-5-4-14(8-16(15)20)24-17-6-3-13(11-22-17)18(25)23-10-12-2-1-7-21-9-12/h1-9,11H,10H2,(H,22,24)(H,23,25). The van der Waals surface area contributed by atoms with Gasteiger partial charge in [-0.15, -0.1) is 0 Å². The number of rotatable bonds is 5. The summed E-state index contributed by atoms with van der Waals surface area (Å²) < 4.78 is 0. The second-order valence-corrected chi connectivity index (χ2v) is 6.04. The zero-order chi connectivity index (χ0) is 17.6. The van der Waals surface area contributed by atoms with E-state index in [1.165, 1.54) is 6.20 Å². The summed E-state index contributed by atoms with van der Waals surface area (Å²) in [5, 5.41) is 6.87. The normalized spacial score (nSPS) is 10.3. The molecule has 1 amide bonds. The van der Waals surface area contributed by atoms with Crippen molar-refractivity contribution in [2.45, 2.75) is 6.54 Å². The van der Waals surface area contributed by atoms with Crippen LogP contribution >= 0.6 is 23.2 Å². The van der Waals surface area contributed by atoms with Gasteiger partial charge in [-0.25, -0.2) is 4.98 Å². The lowest BCUT2D eigenvalue weighted by Crippen LogP contribution is -2.22. The lowest BCUT2D eigenvalue weighted by atomic mass is 10.2. The maximum atomic E-state index is 12.1. The van der Waals surface area contributed by atoms with Gasteiger partial charge in [0.15, 0.2) is 0 Å². The van der Waals surface area contributed by atoms with Crippen molar-refractivity contribution in [2.75, 3.05) is 5.32 Å². The molecule has 0 saturated heterocycles. The van der Waals surface area contributed by atoms with Gasteiger partial charge in [0.2, 0.25) is 0 Å². The van der Waals surface area contributed by atoms with E-state index in [0.717, 1.165) is 11.3 Å². The van der Waals surface area contributed by atoms with E-state index >= 15 is 0 Å². The topological polar surface area (TPSA) is 66.9 Å². The SMILES string of the molecule is O=C(NCc1cccnc1)c1ccc(Nc2ccc(Cl)c(Cl)c2)nc1. The Kier molecular flexibility index (Phi) is 5.48. The number of nitrogens with zero attached hydrogens (tertiary/aromatic N) is 2. The average molecular weight is 373 g/mol. The molecule has 0 unspecified atom stereocenters. The van der Waals surface area contributed by atoms with Crippen LogP contribution in [-0.4, -0.2) is 15.9 Å². The minimum Gasteiger partial charge on any atom is -0.348 e. The number of hydrogen-bond donors (Lipinski definition) is 2. The Hall–Kier alpha value is -2.63. The predicted molar refractivity (Wildman–Crippen MR) is 99.4 cm³/mol. The van der Waals surface area contributed by atoms with Crippen molar-refractivity contribution in [3.63, 3.8) is 0 Å². The van der Waals surface area contributed by atoms with Crippen LogP contribution in [-0.2, 0) is 6.54 Å². The molecule has 7 heteroatoms. The van der Waals surface area contributed by atoms with Crippen LogP contribution in [0.15, 0.2) is 61.1 Å². The van der Waals surface area contributed by atoms with E-state index in [9.17, 15) is 4.79 Å². The molecule has 0 bridgehead atoms. The van der Waals surface area contributed by atoms with E-state index in [0.29, 0.717) is 28.0 Å². The third-order valence-electron chi connectivity index (χ3n) is 3.39. The van der Waals surface area contributed by atoms with Crippen molar-refractivity contribution >= 4 is 40.6 Å². The highest BCUT2D eigenvalue weighted by Crippen LogP contribution is 2.26. The molecule has 1 aromatic carbocycles. The highest BCUT2D eigenvalue weighted by molar-refractivity contribution is 6.42. The van der Waals surface area contributed by atoms with Crippen LogP contribution in [0.1, 0.15) is 15.9 Å². The van der Waals surface area contributed by atoms with Gasteiger partial charge in [-0.1, -0.05) is 29.3 Å². The molecule has 25 heavy (non-hydrogen) atoms. The van der Waals surface area contributed by atoms with Crippen molar-refractivity contribution in [2.24, 2.45) is 0 Å². The Bertz CT molecular complexity index is 870. The number of pyridine rings is 2. The van der Waals surface area contributed by atoms with Gasteiger partial charge in [-0.05, 0) is 42.0 Å². The van der Waals surface area contributed by atoms with Crippen LogP contribution in [0.3, 0.4) is 0 Å². The maximum Gasteiger partial charge on any atom is 0.253 e. The van der Waals surface area contributed by atoms with E-state index in [2.05, 4.69) is 20.6 Å². The van der Waals surface area contributed by atoms with Crippen molar-refractivity contribution < 1.29 is 4.79 Å². The van der Waals surface area contributed by atoms with Gasteiger partial charge in [0, 0.05) is 30.8 Å². The highest BCUT2D eigenvalue weighted by atomic mass is 35.5. The maximum absolute atomic E-state index is 12.1. The van der Waals surface area contributed by atoms with Crippen LogP contribution in [0.2, 0.25) is 10.0 Å². The Balaban J connectivity index is 1.61. The monoisotopic (exact) mass is 372 g/mol. The van der Waals surface area contributed by atoms with Gasteiger partial charge in [-0.3, -0.25) is 9.78 Å². The van der Waals surface area contributed by atoms with Crippen LogP contribution in [0, 0.1) is 0 Å². The second kappa shape index (κ2) is 7.96. The van der Waals surface area contributed by atoms with E-state index in [-0.39, 0.29) is 5.91 Å². The Morgan fingerprint density at radius 2 is 1.92 bits per heavy atom. The number of hydrogen-bond acceptors (Lipinski definition) is 4. The molecule has 5 nitrogen and oxygen atoms in total. The molecule has 0 saturated carbocycles. The molecule has 126 valence electrons. The first-order valence-corrected chi connectivity index (χ1v) is 8.22. The molecule has 2 aromatic heterocycles. The van der Waals surface area contributed by atoms with Crippen molar-refractivity contribution in [1.82, 2.24) is 15.3 Å². The van der Waals surface area contributed by atoms with Gasteiger partial charge >= 0.3 is 0 Å². The lowest BCUT2D eigenvalue weighted by molar-refractivity contribution is 0.0950. The molecule has 2 heterocycles. The molecule has 0 radical (unpaired) electrons. The largest absolute Gasteiger partial charge is 0.348 e. The molecule has 0 aliphatic heterocycles. The van der Waals surface area contributed by atoms with E-state index in [4.69, 9.17) is 23.2 Å². The smallest absolute Gasteiger partial charge is 0.253 e. The first-order chi connectivity index (χ1) is 12.1. The quantitative estimate of drug-likeness (QED) is 0.693. The Morgan fingerprint density at radius 3 is 2.60 bits per heavy atom. The fourth-order valence-corrected chi connectivity index (χ4v) is 2.41. The first-order valence-electron chi connectivity index (χ1n) is 7.47. The second-order valence-electron chi connectivity index (χ2n) is 5.23. The number of aromatic nitrogens is 2. The van der Waals surface area contributed by atoms with Gasteiger partial charge in [-0.2, -0.15) is 0 Å². The number of amides is 1. The summed E-state index contributed by atoms with van der Waals surface area (Å²) in [6.07, 6.45) is 4.91. The number of halogens is 2. The molecule has 0 spiro atoms. The Morgan fingerprint density at radius 1 is 1.04 bits per heavy atom. The van der Waals surface area contributed by atoms with E-state index < -0.39 is 0 Å². The van der Waals surface area contributed by atoms with Gasteiger partial charge in [0.25, 0.3) is 5.91 Å². The van der Waals surface area contributed by atoms with Gasteiger partial charge in [0.1, 0.15) is 5.82 Å². The molecule has 0 fully saturated rings. The average Bonchev–Trinajstić information content (AvgIpc) is 2.64. The molecule has 3 rings (SSSR count). The van der Waals surface area contributed by atoms with Crippen LogP contribution in [0.25, 0.3) is 0 Å². The number of carbonyl (C=O) groups excluding carboxylic acids is 1. The Labute approximate surface area is 155 Å².